The maximum absolute atomic E-state index is 12.1. The summed E-state index contributed by atoms with van der Waals surface area (Å²) in [5.74, 6) is -0.302. The molecule has 2 aromatic carbocycles. The fraction of sp³-hybridized carbons (Fsp3) is 0.133. The highest BCUT2D eigenvalue weighted by atomic mass is 32.2. The zero-order valence-corrected chi connectivity index (χ0v) is 12.4. The number of hydrogen-bond acceptors (Lipinski definition) is 3. The number of carbonyl (C=O) groups excluding carboxylic acids is 1. The van der Waals surface area contributed by atoms with Gasteiger partial charge in [-0.1, -0.05) is 25.1 Å². The third kappa shape index (κ3) is 3.90. The summed E-state index contributed by atoms with van der Waals surface area (Å²) in [6.07, 6.45) is 0.901. The lowest BCUT2D eigenvalue weighted by molar-refractivity contribution is 0.102. The van der Waals surface area contributed by atoms with Crippen molar-refractivity contribution in [3.8, 4) is 0 Å². The molecule has 0 radical (unpaired) electrons. The second kappa shape index (κ2) is 6.07. The molecule has 0 saturated carbocycles. The summed E-state index contributed by atoms with van der Waals surface area (Å²) < 4.78 is 22.6. The largest absolute Gasteiger partial charge is 0.322 e. The summed E-state index contributed by atoms with van der Waals surface area (Å²) in [5, 5.41) is 7.71. The zero-order chi connectivity index (χ0) is 15.5. The first kappa shape index (κ1) is 15.2. The summed E-state index contributed by atoms with van der Waals surface area (Å²) in [5.41, 5.74) is 2.03. The average Bonchev–Trinajstić information content (AvgIpc) is 2.47. The molecule has 0 aliphatic heterocycles. The van der Waals surface area contributed by atoms with Gasteiger partial charge in [-0.05, 0) is 42.3 Å². The third-order valence-corrected chi connectivity index (χ3v) is 3.96. The van der Waals surface area contributed by atoms with Crippen LogP contribution in [0.1, 0.15) is 22.8 Å². The molecule has 0 spiro atoms. The molecule has 6 heteroatoms. The number of amides is 1. The van der Waals surface area contributed by atoms with Gasteiger partial charge >= 0.3 is 0 Å². The van der Waals surface area contributed by atoms with E-state index in [1.54, 1.807) is 18.2 Å². The molecular weight excluding hydrogens is 288 g/mol. The van der Waals surface area contributed by atoms with E-state index in [0.717, 1.165) is 12.0 Å². The summed E-state index contributed by atoms with van der Waals surface area (Å²) in [6, 6.07) is 13.1. The second-order valence-electron chi connectivity index (χ2n) is 4.58. The minimum absolute atomic E-state index is 0.0402. The van der Waals surface area contributed by atoms with Crippen LogP contribution in [0.15, 0.2) is 53.4 Å². The van der Waals surface area contributed by atoms with Crippen molar-refractivity contribution in [1.29, 1.82) is 0 Å². The van der Waals surface area contributed by atoms with Crippen LogP contribution in [-0.4, -0.2) is 14.3 Å². The van der Waals surface area contributed by atoms with Crippen molar-refractivity contribution >= 4 is 21.6 Å². The first-order valence-corrected chi connectivity index (χ1v) is 7.98. The Morgan fingerprint density at radius 2 is 1.81 bits per heavy atom. The van der Waals surface area contributed by atoms with Crippen LogP contribution >= 0.6 is 0 Å². The minimum atomic E-state index is -3.79. The van der Waals surface area contributed by atoms with E-state index in [1.165, 1.54) is 18.2 Å². The molecule has 0 aromatic heterocycles. The van der Waals surface area contributed by atoms with Gasteiger partial charge in [0, 0.05) is 11.3 Å². The van der Waals surface area contributed by atoms with Gasteiger partial charge in [-0.3, -0.25) is 4.79 Å². The Bertz CT molecular complexity index is 753. The smallest absolute Gasteiger partial charge is 0.255 e. The number of aryl methyl sites for hydroxylation is 1. The Kier molecular flexibility index (Phi) is 4.40. The molecule has 0 aliphatic carbocycles. The van der Waals surface area contributed by atoms with Gasteiger partial charge in [-0.25, -0.2) is 13.6 Å². The number of hydrogen-bond donors (Lipinski definition) is 2. The Morgan fingerprint density at radius 1 is 1.14 bits per heavy atom. The van der Waals surface area contributed by atoms with E-state index in [1.807, 2.05) is 19.1 Å². The lowest BCUT2D eigenvalue weighted by Crippen LogP contribution is -2.14. The molecule has 110 valence electrons. The summed E-state index contributed by atoms with van der Waals surface area (Å²) in [4.78, 5) is 12.0. The molecule has 0 fully saturated rings. The molecule has 2 rings (SSSR count). The van der Waals surface area contributed by atoms with Gasteiger partial charge in [0.1, 0.15) is 0 Å². The van der Waals surface area contributed by atoms with Crippen molar-refractivity contribution in [2.24, 2.45) is 5.14 Å². The molecule has 5 nitrogen and oxygen atoms in total. The van der Waals surface area contributed by atoms with E-state index in [9.17, 15) is 13.2 Å². The Balaban J connectivity index is 2.19. The highest BCUT2D eigenvalue weighted by Crippen LogP contribution is 2.15. The molecule has 0 unspecified atom stereocenters. The van der Waals surface area contributed by atoms with Gasteiger partial charge in [0.2, 0.25) is 10.0 Å². The van der Waals surface area contributed by atoms with Crippen LogP contribution in [0, 0.1) is 0 Å². The topological polar surface area (TPSA) is 89.3 Å². The lowest BCUT2D eigenvalue weighted by Gasteiger charge is -2.07. The number of nitrogens with two attached hydrogens (primary N) is 1. The number of anilines is 1. The first-order chi connectivity index (χ1) is 9.90. The van der Waals surface area contributed by atoms with E-state index < -0.39 is 10.0 Å². The van der Waals surface area contributed by atoms with Crippen molar-refractivity contribution in [1.82, 2.24) is 0 Å². The molecular formula is C15H16N2O3S. The SMILES string of the molecule is CCc1ccc(C(=O)Nc2cccc(S(N)(=O)=O)c2)cc1. The highest BCUT2D eigenvalue weighted by molar-refractivity contribution is 7.89. The molecule has 0 heterocycles. The molecule has 0 saturated heterocycles. The van der Waals surface area contributed by atoms with Crippen LogP contribution in [0.3, 0.4) is 0 Å². The van der Waals surface area contributed by atoms with Crippen molar-refractivity contribution in [3.05, 3.63) is 59.7 Å². The lowest BCUT2D eigenvalue weighted by atomic mass is 10.1. The Labute approximate surface area is 123 Å². The normalized spacial score (nSPS) is 11.1. The number of primary sulfonamides is 1. The Hall–Kier alpha value is -2.18. The van der Waals surface area contributed by atoms with Gasteiger partial charge < -0.3 is 5.32 Å². The number of benzene rings is 2. The van der Waals surface area contributed by atoms with Crippen LogP contribution in [0.5, 0.6) is 0 Å². The van der Waals surface area contributed by atoms with Crippen LogP contribution in [0.2, 0.25) is 0 Å². The van der Waals surface area contributed by atoms with E-state index >= 15 is 0 Å². The van der Waals surface area contributed by atoms with Crippen LogP contribution in [0.4, 0.5) is 5.69 Å². The Morgan fingerprint density at radius 3 is 2.38 bits per heavy atom. The van der Waals surface area contributed by atoms with E-state index in [2.05, 4.69) is 5.32 Å². The maximum Gasteiger partial charge on any atom is 0.255 e. The summed E-state index contributed by atoms with van der Waals surface area (Å²) >= 11 is 0. The first-order valence-electron chi connectivity index (χ1n) is 6.43. The monoisotopic (exact) mass is 304 g/mol. The average molecular weight is 304 g/mol. The zero-order valence-electron chi connectivity index (χ0n) is 11.5. The van der Waals surface area contributed by atoms with Crippen LogP contribution < -0.4 is 10.5 Å². The van der Waals surface area contributed by atoms with Crippen LogP contribution in [0.25, 0.3) is 0 Å². The molecule has 1 amide bonds. The van der Waals surface area contributed by atoms with Gasteiger partial charge in [-0.2, -0.15) is 0 Å². The minimum Gasteiger partial charge on any atom is -0.322 e. The van der Waals surface area contributed by atoms with Gasteiger partial charge in [0.05, 0.1) is 4.90 Å². The van der Waals surface area contributed by atoms with Gasteiger partial charge in [0.15, 0.2) is 0 Å². The van der Waals surface area contributed by atoms with Gasteiger partial charge in [0.25, 0.3) is 5.91 Å². The van der Waals surface area contributed by atoms with Crippen molar-refractivity contribution in [2.75, 3.05) is 5.32 Å². The molecule has 21 heavy (non-hydrogen) atoms. The highest BCUT2D eigenvalue weighted by Gasteiger charge is 2.10. The fourth-order valence-corrected chi connectivity index (χ4v) is 2.41. The predicted molar refractivity (Wildman–Crippen MR) is 81.6 cm³/mol. The fourth-order valence-electron chi connectivity index (χ4n) is 1.85. The molecule has 0 aliphatic rings. The van der Waals surface area contributed by atoms with Gasteiger partial charge in [-0.15, -0.1) is 0 Å². The standard InChI is InChI=1S/C15H16N2O3S/c1-2-11-6-8-12(9-7-11)15(18)17-13-4-3-5-14(10-13)21(16,19)20/h3-10H,2H2,1H3,(H,17,18)(H2,16,19,20). The molecule has 3 N–H and O–H groups in total. The van der Waals surface area contributed by atoms with Crippen molar-refractivity contribution in [2.45, 2.75) is 18.2 Å². The number of nitrogens with one attached hydrogen (secondary N) is 1. The summed E-state index contributed by atoms with van der Waals surface area (Å²) in [6.45, 7) is 2.04. The number of rotatable bonds is 4. The van der Waals surface area contributed by atoms with Crippen molar-refractivity contribution in [3.63, 3.8) is 0 Å². The van der Waals surface area contributed by atoms with E-state index in [4.69, 9.17) is 5.14 Å². The molecule has 0 atom stereocenters. The van der Waals surface area contributed by atoms with E-state index in [-0.39, 0.29) is 10.8 Å². The third-order valence-electron chi connectivity index (χ3n) is 3.04. The molecule has 2 aromatic rings. The second-order valence-corrected chi connectivity index (χ2v) is 6.14. The summed E-state index contributed by atoms with van der Waals surface area (Å²) in [7, 11) is -3.79. The van der Waals surface area contributed by atoms with Crippen LogP contribution in [-0.2, 0) is 16.4 Å². The number of sulfonamides is 1. The predicted octanol–water partition coefficient (Wildman–Crippen LogP) is 2.15. The van der Waals surface area contributed by atoms with E-state index in [0.29, 0.717) is 11.3 Å². The number of carbonyl (C=O) groups is 1. The quantitative estimate of drug-likeness (QED) is 0.907. The van der Waals surface area contributed by atoms with Crippen molar-refractivity contribution < 1.29 is 13.2 Å². The maximum atomic E-state index is 12.1. The molecule has 0 bridgehead atoms.